The fraction of sp³-hybridized carbons (Fsp3) is 0.333. The minimum absolute atomic E-state index is 0.0440. The molecule has 4 N–H and O–H groups in total. The molecule has 1 aliphatic heterocycles. The van der Waals surface area contributed by atoms with E-state index in [4.69, 9.17) is 4.74 Å². The number of aliphatic imine (C=N–C) groups is 1. The molecule has 0 spiro atoms. The van der Waals surface area contributed by atoms with Crippen LogP contribution in [0, 0.1) is 0 Å². The molecule has 1 unspecified atom stereocenters. The molecule has 1 aliphatic rings. The van der Waals surface area contributed by atoms with Gasteiger partial charge in [0, 0.05) is 48.7 Å². The van der Waals surface area contributed by atoms with E-state index in [9.17, 15) is 9.90 Å². The number of rotatable bonds is 9. The Balaban J connectivity index is 1.40. The van der Waals surface area contributed by atoms with Gasteiger partial charge in [0.1, 0.15) is 5.75 Å². The number of hydrogen-bond acceptors (Lipinski definition) is 5. The predicted octanol–water partition coefficient (Wildman–Crippen LogP) is 3.48. The number of nitrogens with zero attached hydrogens (tertiary/aromatic N) is 1. The molecule has 3 aromatic rings. The average Bonchev–Trinajstić information content (AvgIpc) is 3.21. The highest BCUT2D eigenvalue weighted by molar-refractivity contribution is 5.86. The number of carboxylic acids is 1. The van der Waals surface area contributed by atoms with Crippen LogP contribution in [0.4, 0.5) is 0 Å². The molecular formula is C24H28N4O3. The minimum atomic E-state index is -0.814. The first kappa shape index (κ1) is 20.8. The molecule has 31 heavy (non-hydrogen) atoms. The van der Waals surface area contributed by atoms with Gasteiger partial charge in [0.25, 0.3) is 0 Å². The Morgan fingerprint density at radius 3 is 2.87 bits per heavy atom. The maximum absolute atomic E-state index is 11.5. The van der Waals surface area contributed by atoms with Gasteiger partial charge in [-0.25, -0.2) is 0 Å². The predicted molar refractivity (Wildman–Crippen MR) is 122 cm³/mol. The molecule has 7 heteroatoms. The molecule has 0 radical (unpaired) electrons. The van der Waals surface area contributed by atoms with Gasteiger partial charge >= 0.3 is 5.97 Å². The maximum atomic E-state index is 11.5. The van der Waals surface area contributed by atoms with Gasteiger partial charge in [-0.1, -0.05) is 30.3 Å². The summed E-state index contributed by atoms with van der Waals surface area (Å²) in [4.78, 5) is 19.2. The summed E-state index contributed by atoms with van der Waals surface area (Å²) in [5.41, 5.74) is 2.92. The molecule has 0 aliphatic carbocycles. The van der Waals surface area contributed by atoms with E-state index in [1.165, 1.54) is 0 Å². The summed E-state index contributed by atoms with van der Waals surface area (Å²) in [5.74, 6) is 0.650. The van der Waals surface area contributed by atoms with Crippen LogP contribution in [0.25, 0.3) is 10.9 Å². The normalized spacial score (nSPS) is 14.5. The molecule has 7 nitrogen and oxygen atoms in total. The van der Waals surface area contributed by atoms with Crippen molar-refractivity contribution >= 4 is 22.8 Å². The molecule has 1 atom stereocenters. The Labute approximate surface area is 181 Å². The quantitative estimate of drug-likeness (QED) is 0.397. The van der Waals surface area contributed by atoms with E-state index in [1.54, 1.807) is 0 Å². The standard InChI is InChI=1S/C24H28N4O3/c29-23(30)15-20(17-6-2-1-3-7-17)21-16-28-22-14-18(8-9-19(21)22)31-13-5-12-27-24-25-10-4-11-26-24/h1-3,6-9,14,16,20,28H,4-5,10-13,15H2,(H,29,30)(H2,25,26,27). The van der Waals surface area contributed by atoms with Gasteiger partial charge in [-0.05, 0) is 36.1 Å². The molecule has 4 rings (SSSR count). The van der Waals surface area contributed by atoms with Crippen molar-refractivity contribution in [2.75, 3.05) is 26.2 Å². The van der Waals surface area contributed by atoms with Crippen molar-refractivity contribution in [2.45, 2.75) is 25.2 Å². The van der Waals surface area contributed by atoms with Crippen LogP contribution in [0.5, 0.6) is 5.75 Å². The Morgan fingerprint density at radius 1 is 1.23 bits per heavy atom. The Hall–Kier alpha value is -3.48. The summed E-state index contributed by atoms with van der Waals surface area (Å²) in [6, 6.07) is 15.7. The molecule has 0 saturated heterocycles. The first-order valence-corrected chi connectivity index (χ1v) is 10.7. The van der Waals surface area contributed by atoms with Crippen LogP contribution in [0.3, 0.4) is 0 Å². The van der Waals surface area contributed by atoms with Crippen molar-refractivity contribution in [3.63, 3.8) is 0 Å². The Morgan fingerprint density at radius 2 is 2.10 bits per heavy atom. The zero-order chi connectivity index (χ0) is 21.5. The third-order valence-corrected chi connectivity index (χ3v) is 5.42. The third kappa shape index (κ3) is 5.36. The lowest BCUT2D eigenvalue weighted by Crippen LogP contribution is -2.41. The highest BCUT2D eigenvalue weighted by atomic mass is 16.5. The van der Waals surface area contributed by atoms with E-state index in [0.29, 0.717) is 6.61 Å². The zero-order valence-corrected chi connectivity index (χ0v) is 17.4. The molecule has 1 aromatic heterocycles. The highest BCUT2D eigenvalue weighted by Crippen LogP contribution is 2.34. The third-order valence-electron chi connectivity index (χ3n) is 5.42. The van der Waals surface area contributed by atoms with Crippen molar-refractivity contribution in [1.29, 1.82) is 0 Å². The summed E-state index contributed by atoms with van der Waals surface area (Å²) in [6.45, 7) is 3.25. The number of fused-ring (bicyclic) bond motifs is 1. The summed E-state index contributed by atoms with van der Waals surface area (Å²) in [7, 11) is 0. The highest BCUT2D eigenvalue weighted by Gasteiger charge is 2.21. The summed E-state index contributed by atoms with van der Waals surface area (Å²) < 4.78 is 5.91. The fourth-order valence-electron chi connectivity index (χ4n) is 3.89. The van der Waals surface area contributed by atoms with Gasteiger partial charge in [-0.3, -0.25) is 9.79 Å². The number of ether oxygens (including phenoxy) is 1. The van der Waals surface area contributed by atoms with Crippen molar-refractivity contribution in [2.24, 2.45) is 4.99 Å². The number of carboxylic acid groups (broad SMARTS) is 1. The number of aliphatic carboxylic acids is 1. The first-order chi connectivity index (χ1) is 15.2. The van der Waals surface area contributed by atoms with Gasteiger partial charge in [0.05, 0.1) is 13.0 Å². The van der Waals surface area contributed by atoms with E-state index in [2.05, 4.69) is 20.6 Å². The van der Waals surface area contributed by atoms with E-state index in [-0.39, 0.29) is 12.3 Å². The number of guanidine groups is 1. The number of aromatic amines is 1. The SMILES string of the molecule is O=C(O)CC(c1ccccc1)c1c[nH]c2cc(OCCCNC3=NCCCN3)ccc12. The first-order valence-electron chi connectivity index (χ1n) is 10.7. The van der Waals surface area contributed by atoms with Crippen LogP contribution >= 0.6 is 0 Å². The second-order valence-corrected chi connectivity index (χ2v) is 7.65. The van der Waals surface area contributed by atoms with Crippen LogP contribution in [0.1, 0.15) is 36.3 Å². The number of hydrogen-bond donors (Lipinski definition) is 4. The number of carbonyl (C=O) groups is 1. The van der Waals surface area contributed by atoms with E-state index in [1.807, 2.05) is 54.7 Å². The molecule has 0 saturated carbocycles. The molecular weight excluding hydrogens is 392 g/mol. The monoisotopic (exact) mass is 420 g/mol. The molecule has 2 heterocycles. The summed E-state index contributed by atoms with van der Waals surface area (Å²) in [5, 5.41) is 17.0. The number of H-pyrrole nitrogens is 1. The number of benzene rings is 2. The fourth-order valence-corrected chi connectivity index (χ4v) is 3.89. The summed E-state index contributed by atoms with van der Waals surface area (Å²) in [6.07, 6.45) is 3.91. The zero-order valence-electron chi connectivity index (χ0n) is 17.4. The lowest BCUT2D eigenvalue weighted by Gasteiger charge is -2.16. The number of nitrogens with one attached hydrogen (secondary N) is 3. The van der Waals surface area contributed by atoms with Crippen molar-refractivity contribution in [1.82, 2.24) is 15.6 Å². The average molecular weight is 421 g/mol. The Kier molecular flexibility index (Phi) is 6.72. The van der Waals surface area contributed by atoms with Gasteiger partial charge in [0.15, 0.2) is 5.96 Å². The van der Waals surface area contributed by atoms with E-state index >= 15 is 0 Å². The van der Waals surface area contributed by atoms with Crippen LogP contribution < -0.4 is 15.4 Å². The molecule has 162 valence electrons. The summed E-state index contributed by atoms with van der Waals surface area (Å²) >= 11 is 0. The molecule has 0 amide bonds. The van der Waals surface area contributed by atoms with Crippen molar-refractivity contribution < 1.29 is 14.6 Å². The Bertz CT molecular complexity index is 1050. The van der Waals surface area contributed by atoms with Gasteiger partial charge in [-0.2, -0.15) is 0 Å². The topological polar surface area (TPSA) is 98.7 Å². The lowest BCUT2D eigenvalue weighted by atomic mass is 9.88. The molecule has 2 aromatic carbocycles. The second kappa shape index (κ2) is 10.0. The van der Waals surface area contributed by atoms with Crippen molar-refractivity contribution in [3.05, 3.63) is 65.9 Å². The van der Waals surface area contributed by atoms with E-state index < -0.39 is 5.97 Å². The molecule has 0 fully saturated rings. The minimum Gasteiger partial charge on any atom is -0.493 e. The lowest BCUT2D eigenvalue weighted by molar-refractivity contribution is -0.137. The smallest absolute Gasteiger partial charge is 0.304 e. The van der Waals surface area contributed by atoms with Crippen molar-refractivity contribution in [3.8, 4) is 5.75 Å². The van der Waals surface area contributed by atoms with Crippen LogP contribution in [-0.2, 0) is 4.79 Å². The van der Waals surface area contributed by atoms with Gasteiger partial charge in [-0.15, -0.1) is 0 Å². The van der Waals surface area contributed by atoms with Crippen LogP contribution in [-0.4, -0.2) is 48.3 Å². The van der Waals surface area contributed by atoms with E-state index in [0.717, 1.165) is 66.2 Å². The largest absolute Gasteiger partial charge is 0.493 e. The maximum Gasteiger partial charge on any atom is 0.304 e. The second-order valence-electron chi connectivity index (χ2n) is 7.65. The van der Waals surface area contributed by atoms with Gasteiger partial charge < -0.3 is 25.5 Å². The molecule has 0 bridgehead atoms. The van der Waals surface area contributed by atoms with Crippen LogP contribution in [0.15, 0.2) is 59.7 Å². The van der Waals surface area contributed by atoms with Gasteiger partial charge in [0.2, 0.25) is 0 Å². The number of aromatic nitrogens is 1. The van der Waals surface area contributed by atoms with Crippen LogP contribution in [0.2, 0.25) is 0 Å².